The van der Waals surface area contributed by atoms with Crippen LogP contribution in [0.25, 0.3) is 0 Å². The second-order valence-corrected chi connectivity index (χ2v) is 4.34. The SMILES string of the molecule is CCNC(CC)CN(C)CCOC(C)C. The van der Waals surface area contributed by atoms with Gasteiger partial charge in [-0.05, 0) is 33.9 Å². The molecule has 0 bridgehead atoms. The zero-order valence-electron chi connectivity index (χ0n) is 11.0. The van der Waals surface area contributed by atoms with E-state index in [1.54, 1.807) is 0 Å². The van der Waals surface area contributed by atoms with E-state index in [-0.39, 0.29) is 0 Å². The quantitative estimate of drug-likeness (QED) is 0.635. The second-order valence-electron chi connectivity index (χ2n) is 4.34. The van der Waals surface area contributed by atoms with E-state index in [4.69, 9.17) is 4.74 Å². The Labute approximate surface area is 95.2 Å². The van der Waals surface area contributed by atoms with Gasteiger partial charge in [0, 0.05) is 19.1 Å². The molecule has 0 saturated heterocycles. The average Bonchev–Trinajstić information content (AvgIpc) is 2.16. The molecule has 0 aliphatic carbocycles. The predicted octanol–water partition coefficient (Wildman–Crippen LogP) is 1.73. The van der Waals surface area contributed by atoms with E-state index in [9.17, 15) is 0 Å². The third kappa shape index (κ3) is 8.85. The second kappa shape index (κ2) is 9.13. The summed E-state index contributed by atoms with van der Waals surface area (Å²) in [6.07, 6.45) is 1.53. The molecule has 0 radical (unpaired) electrons. The minimum absolute atomic E-state index is 0.342. The van der Waals surface area contributed by atoms with Crippen molar-refractivity contribution in [2.45, 2.75) is 46.3 Å². The molecule has 92 valence electrons. The van der Waals surface area contributed by atoms with Crippen molar-refractivity contribution in [2.75, 3.05) is 33.3 Å². The molecule has 1 unspecified atom stereocenters. The Hall–Kier alpha value is -0.120. The summed E-state index contributed by atoms with van der Waals surface area (Å²) >= 11 is 0. The molecule has 0 aromatic heterocycles. The molecule has 0 saturated carbocycles. The van der Waals surface area contributed by atoms with Gasteiger partial charge in [-0.2, -0.15) is 0 Å². The first kappa shape index (κ1) is 14.9. The fourth-order valence-electron chi connectivity index (χ4n) is 1.54. The summed E-state index contributed by atoms with van der Waals surface area (Å²) < 4.78 is 5.53. The van der Waals surface area contributed by atoms with E-state index in [0.717, 1.165) is 26.2 Å². The fraction of sp³-hybridized carbons (Fsp3) is 1.00. The number of hydrogen-bond acceptors (Lipinski definition) is 3. The summed E-state index contributed by atoms with van der Waals surface area (Å²) in [5.41, 5.74) is 0. The van der Waals surface area contributed by atoms with Gasteiger partial charge in [-0.3, -0.25) is 0 Å². The van der Waals surface area contributed by atoms with Crippen LogP contribution in [0.3, 0.4) is 0 Å². The Morgan fingerprint density at radius 2 is 1.93 bits per heavy atom. The van der Waals surface area contributed by atoms with Crippen molar-refractivity contribution in [2.24, 2.45) is 0 Å². The zero-order chi connectivity index (χ0) is 11.7. The number of hydrogen-bond donors (Lipinski definition) is 1. The minimum atomic E-state index is 0.342. The molecule has 0 aliphatic rings. The van der Waals surface area contributed by atoms with E-state index in [0.29, 0.717) is 12.1 Å². The Morgan fingerprint density at radius 3 is 2.40 bits per heavy atom. The highest BCUT2D eigenvalue weighted by Gasteiger charge is 2.07. The van der Waals surface area contributed by atoms with E-state index >= 15 is 0 Å². The van der Waals surface area contributed by atoms with Crippen molar-refractivity contribution in [1.29, 1.82) is 0 Å². The maximum Gasteiger partial charge on any atom is 0.0596 e. The third-order valence-electron chi connectivity index (χ3n) is 2.44. The van der Waals surface area contributed by atoms with Crippen LogP contribution in [-0.4, -0.2) is 50.3 Å². The summed E-state index contributed by atoms with van der Waals surface area (Å²) in [6.45, 7) is 12.5. The molecule has 3 nitrogen and oxygen atoms in total. The molecule has 0 amide bonds. The Balaban J connectivity index is 3.56. The lowest BCUT2D eigenvalue weighted by Gasteiger charge is -2.24. The van der Waals surface area contributed by atoms with E-state index in [1.165, 1.54) is 6.42 Å². The molecule has 0 fully saturated rings. The van der Waals surface area contributed by atoms with Crippen LogP contribution >= 0.6 is 0 Å². The molecule has 1 N–H and O–H groups in total. The summed E-state index contributed by atoms with van der Waals surface area (Å²) in [6, 6.07) is 0.610. The largest absolute Gasteiger partial charge is 0.377 e. The van der Waals surface area contributed by atoms with Crippen molar-refractivity contribution in [3.8, 4) is 0 Å². The number of likely N-dealkylation sites (N-methyl/N-ethyl adjacent to an activating group) is 2. The molecule has 3 heteroatoms. The topological polar surface area (TPSA) is 24.5 Å². The third-order valence-corrected chi connectivity index (χ3v) is 2.44. The van der Waals surface area contributed by atoms with Crippen molar-refractivity contribution >= 4 is 0 Å². The lowest BCUT2D eigenvalue weighted by Crippen LogP contribution is -2.40. The monoisotopic (exact) mass is 216 g/mol. The highest BCUT2D eigenvalue weighted by atomic mass is 16.5. The van der Waals surface area contributed by atoms with Gasteiger partial charge >= 0.3 is 0 Å². The van der Waals surface area contributed by atoms with Crippen molar-refractivity contribution < 1.29 is 4.74 Å². The van der Waals surface area contributed by atoms with Gasteiger partial charge in [0.15, 0.2) is 0 Å². The molecule has 0 rings (SSSR count). The maximum atomic E-state index is 5.53. The van der Waals surface area contributed by atoms with Gasteiger partial charge in [-0.1, -0.05) is 13.8 Å². The lowest BCUT2D eigenvalue weighted by atomic mass is 10.2. The zero-order valence-corrected chi connectivity index (χ0v) is 11.0. The lowest BCUT2D eigenvalue weighted by molar-refractivity contribution is 0.0622. The van der Waals surface area contributed by atoms with Gasteiger partial charge in [0.05, 0.1) is 12.7 Å². The Kier molecular flexibility index (Phi) is 9.06. The summed E-state index contributed by atoms with van der Waals surface area (Å²) in [5, 5.41) is 3.48. The number of nitrogens with one attached hydrogen (secondary N) is 1. The molecule has 0 aromatic carbocycles. The summed E-state index contributed by atoms with van der Waals surface area (Å²) in [5.74, 6) is 0. The van der Waals surface area contributed by atoms with Crippen molar-refractivity contribution in [3.05, 3.63) is 0 Å². The smallest absolute Gasteiger partial charge is 0.0596 e. The van der Waals surface area contributed by atoms with Gasteiger partial charge < -0.3 is 15.0 Å². The molecule has 0 aromatic rings. The molecular weight excluding hydrogens is 188 g/mol. The van der Waals surface area contributed by atoms with Crippen LogP contribution in [-0.2, 0) is 4.74 Å². The first-order chi connectivity index (χ1) is 7.10. The van der Waals surface area contributed by atoms with Gasteiger partial charge in [0.1, 0.15) is 0 Å². The molecular formula is C12H28N2O. The Bertz CT molecular complexity index is 140. The van der Waals surface area contributed by atoms with E-state index in [2.05, 4.69) is 45.0 Å². The van der Waals surface area contributed by atoms with Crippen LogP contribution in [0.5, 0.6) is 0 Å². The normalized spacial score (nSPS) is 13.8. The molecule has 0 aliphatic heterocycles. The highest BCUT2D eigenvalue weighted by molar-refractivity contribution is 4.68. The minimum Gasteiger partial charge on any atom is -0.377 e. The molecule has 1 atom stereocenters. The highest BCUT2D eigenvalue weighted by Crippen LogP contribution is 1.95. The predicted molar refractivity (Wildman–Crippen MR) is 66.3 cm³/mol. The van der Waals surface area contributed by atoms with Crippen LogP contribution < -0.4 is 5.32 Å². The van der Waals surface area contributed by atoms with Gasteiger partial charge in [-0.25, -0.2) is 0 Å². The first-order valence-corrected chi connectivity index (χ1v) is 6.13. The maximum absolute atomic E-state index is 5.53. The van der Waals surface area contributed by atoms with Crippen LogP contribution in [0.1, 0.15) is 34.1 Å². The van der Waals surface area contributed by atoms with Gasteiger partial charge in [0.25, 0.3) is 0 Å². The van der Waals surface area contributed by atoms with E-state index < -0.39 is 0 Å². The molecule has 0 heterocycles. The standard InChI is InChI=1S/C12H28N2O/c1-6-12(13-7-2)10-14(5)8-9-15-11(3)4/h11-13H,6-10H2,1-5H3. The number of ether oxygens (including phenoxy) is 1. The van der Waals surface area contributed by atoms with Crippen LogP contribution in [0.2, 0.25) is 0 Å². The van der Waals surface area contributed by atoms with Crippen molar-refractivity contribution in [3.63, 3.8) is 0 Å². The molecule has 0 spiro atoms. The number of nitrogens with zero attached hydrogens (tertiary/aromatic N) is 1. The molecule has 15 heavy (non-hydrogen) atoms. The van der Waals surface area contributed by atoms with Gasteiger partial charge in [-0.15, -0.1) is 0 Å². The first-order valence-electron chi connectivity index (χ1n) is 6.13. The van der Waals surface area contributed by atoms with E-state index in [1.807, 2.05) is 0 Å². The van der Waals surface area contributed by atoms with Crippen LogP contribution in [0, 0.1) is 0 Å². The average molecular weight is 216 g/mol. The van der Waals surface area contributed by atoms with Gasteiger partial charge in [0.2, 0.25) is 0 Å². The Morgan fingerprint density at radius 1 is 1.27 bits per heavy atom. The van der Waals surface area contributed by atoms with Crippen LogP contribution in [0.4, 0.5) is 0 Å². The summed E-state index contributed by atoms with van der Waals surface area (Å²) in [4.78, 5) is 2.33. The summed E-state index contributed by atoms with van der Waals surface area (Å²) in [7, 11) is 2.16. The van der Waals surface area contributed by atoms with Crippen LogP contribution in [0.15, 0.2) is 0 Å². The fourth-order valence-corrected chi connectivity index (χ4v) is 1.54. The number of rotatable bonds is 9. The van der Waals surface area contributed by atoms with Crippen molar-refractivity contribution in [1.82, 2.24) is 10.2 Å².